The summed E-state index contributed by atoms with van der Waals surface area (Å²) in [7, 11) is 1.52. The summed E-state index contributed by atoms with van der Waals surface area (Å²) in [6.07, 6.45) is 5.17. The molecule has 15 heavy (non-hydrogen) atoms. The van der Waals surface area contributed by atoms with E-state index in [4.69, 9.17) is 15.6 Å². The van der Waals surface area contributed by atoms with Crippen molar-refractivity contribution in [2.24, 2.45) is 0 Å². The van der Waals surface area contributed by atoms with Crippen molar-refractivity contribution in [1.29, 1.82) is 0 Å². The van der Waals surface area contributed by atoms with E-state index in [1.165, 1.54) is 7.11 Å². The summed E-state index contributed by atoms with van der Waals surface area (Å²) in [5.74, 6) is 2.80. The predicted molar refractivity (Wildman–Crippen MR) is 57.0 cm³/mol. The molecule has 2 rings (SSSR count). The summed E-state index contributed by atoms with van der Waals surface area (Å²) in [6.45, 7) is 0. The first kappa shape index (κ1) is 9.35. The van der Waals surface area contributed by atoms with Crippen LogP contribution >= 0.6 is 0 Å². The molecule has 0 fully saturated rings. The molecule has 1 heterocycles. The van der Waals surface area contributed by atoms with Gasteiger partial charge in [-0.2, -0.15) is 0 Å². The molecule has 74 valence electrons. The van der Waals surface area contributed by atoms with Crippen molar-refractivity contribution >= 4 is 11.0 Å². The topological polar surface area (TPSA) is 39.4 Å². The fourth-order valence-electron chi connectivity index (χ4n) is 1.38. The zero-order chi connectivity index (χ0) is 10.8. The molecule has 1 aromatic carbocycles. The van der Waals surface area contributed by atoms with E-state index in [1.807, 2.05) is 12.1 Å². The predicted octanol–water partition coefficient (Wildman–Crippen LogP) is 1.78. The Balaban J connectivity index is 2.88. The molecular weight excluding hydrogens is 192 g/mol. The highest BCUT2D eigenvalue weighted by Gasteiger charge is 2.06. The fraction of sp³-hybridized carbons (Fsp3) is 0.0833. The molecule has 0 atom stereocenters. The molecule has 0 aliphatic carbocycles. The van der Waals surface area contributed by atoms with E-state index in [0.717, 1.165) is 5.39 Å². The number of terminal acetylenes is 1. The molecule has 3 nitrogen and oxygen atoms in total. The van der Waals surface area contributed by atoms with E-state index in [-0.39, 0.29) is 5.56 Å². The van der Waals surface area contributed by atoms with Gasteiger partial charge in [0, 0.05) is 5.39 Å². The lowest BCUT2D eigenvalue weighted by atomic mass is 10.2. The number of benzene rings is 1. The van der Waals surface area contributed by atoms with Crippen LogP contribution < -0.4 is 10.4 Å². The molecule has 0 bridgehead atoms. The summed E-state index contributed by atoms with van der Waals surface area (Å²) in [6, 6.07) is 6.95. The molecule has 3 heteroatoms. The first-order valence-corrected chi connectivity index (χ1v) is 4.33. The molecule has 0 aliphatic rings. The Morgan fingerprint density at radius 3 is 2.93 bits per heavy atom. The van der Waals surface area contributed by atoms with Crippen LogP contribution in [0, 0.1) is 12.3 Å². The molecule has 0 N–H and O–H groups in total. The highest BCUT2D eigenvalue weighted by molar-refractivity contribution is 5.83. The average molecular weight is 200 g/mol. The van der Waals surface area contributed by atoms with Crippen molar-refractivity contribution in [3.05, 3.63) is 40.2 Å². The zero-order valence-corrected chi connectivity index (χ0v) is 8.11. The molecule has 0 saturated heterocycles. The first-order valence-electron chi connectivity index (χ1n) is 4.33. The number of ether oxygens (including phenoxy) is 1. The van der Waals surface area contributed by atoms with Crippen LogP contribution in [0.15, 0.2) is 33.5 Å². The number of methoxy groups -OCH3 is 1. The summed E-state index contributed by atoms with van der Waals surface area (Å²) < 4.78 is 10.2. The second kappa shape index (κ2) is 3.50. The summed E-state index contributed by atoms with van der Waals surface area (Å²) in [4.78, 5) is 11.4. The van der Waals surface area contributed by atoms with Gasteiger partial charge in [0.2, 0.25) is 0 Å². The lowest BCUT2D eigenvalue weighted by Gasteiger charge is -2.03. The van der Waals surface area contributed by atoms with Gasteiger partial charge >= 0.3 is 5.63 Å². The van der Waals surface area contributed by atoms with E-state index in [1.54, 1.807) is 12.1 Å². The van der Waals surface area contributed by atoms with Crippen molar-refractivity contribution in [1.82, 2.24) is 0 Å². The quantitative estimate of drug-likeness (QED) is 0.520. The largest absolute Gasteiger partial charge is 0.493 e. The summed E-state index contributed by atoms with van der Waals surface area (Å²) in [5, 5.41) is 0.752. The highest BCUT2D eigenvalue weighted by atomic mass is 16.5. The molecule has 0 amide bonds. The van der Waals surface area contributed by atoms with Gasteiger partial charge in [-0.05, 0) is 12.1 Å². The van der Waals surface area contributed by atoms with Gasteiger partial charge in [-0.1, -0.05) is 18.1 Å². The maximum absolute atomic E-state index is 11.4. The van der Waals surface area contributed by atoms with Crippen molar-refractivity contribution in [3.8, 4) is 18.1 Å². The molecule has 0 saturated carbocycles. The average Bonchev–Trinajstić information content (AvgIpc) is 2.27. The zero-order valence-electron chi connectivity index (χ0n) is 8.11. The van der Waals surface area contributed by atoms with Crippen LogP contribution in [0.4, 0.5) is 0 Å². The van der Waals surface area contributed by atoms with Gasteiger partial charge in [-0.15, -0.1) is 6.42 Å². The third-order valence-corrected chi connectivity index (χ3v) is 2.10. The van der Waals surface area contributed by atoms with Crippen LogP contribution in [0.5, 0.6) is 5.75 Å². The molecule has 0 unspecified atom stereocenters. The van der Waals surface area contributed by atoms with Crippen LogP contribution in [0.2, 0.25) is 0 Å². The van der Waals surface area contributed by atoms with E-state index in [2.05, 4.69) is 5.92 Å². The van der Waals surface area contributed by atoms with Crippen LogP contribution in [0.25, 0.3) is 11.0 Å². The Morgan fingerprint density at radius 1 is 1.47 bits per heavy atom. The Bertz CT molecular complexity index is 602. The number of fused-ring (bicyclic) bond motifs is 1. The smallest absolute Gasteiger partial charge is 0.352 e. The monoisotopic (exact) mass is 200 g/mol. The van der Waals surface area contributed by atoms with Crippen LogP contribution in [-0.2, 0) is 0 Å². The van der Waals surface area contributed by atoms with Gasteiger partial charge in [-0.25, -0.2) is 4.79 Å². The Kier molecular flexibility index (Phi) is 2.18. The SMILES string of the molecule is C#Cc1cc2cccc(OC)c2oc1=O. The van der Waals surface area contributed by atoms with Gasteiger partial charge in [0.15, 0.2) is 11.3 Å². The maximum atomic E-state index is 11.4. The van der Waals surface area contributed by atoms with Gasteiger partial charge in [0.05, 0.1) is 7.11 Å². The number of rotatable bonds is 1. The van der Waals surface area contributed by atoms with E-state index in [0.29, 0.717) is 11.3 Å². The Hall–Kier alpha value is -2.21. The Morgan fingerprint density at radius 2 is 2.27 bits per heavy atom. The number of para-hydroxylation sites is 1. The molecule has 0 radical (unpaired) electrons. The first-order chi connectivity index (χ1) is 7.26. The molecule has 2 aromatic rings. The van der Waals surface area contributed by atoms with Crippen molar-refractivity contribution in [2.45, 2.75) is 0 Å². The third kappa shape index (κ3) is 1.46. The van der Waals surface area contributed by atoms with Crippen LogP contribution in [-0.4, -0.2) is 7.11 Å². The number of hydrogen-bond donors (Lipinski definition) is 0. The minimum absolute atomic E-state index is 0.218. The van der Waals surface area contributed by atoms with Crippen molar-refractivity contribution in [2.75, 3.05) is 7.11 Å². The minimum Gasteiger partial charge on any atom is -0.493 e. The van der Waals surface area contributed by atoms with E-state index in [9.17, 15) is 4.79 Å². The summed E-state index contributed by atoms with van der Waals surface area (Å²) in [5.41, 5.74) is 0.120. The lowest BCUT2D eigenvalue weighted by Crippen LogP contribution is -2.03. The standard InChI is InChI=1S/C12H8O3/c1-3-8-7-9-5-4-6-10(14-2)11(9)15-12(8)13/h1,4-7H,2H3. The van der Waals surface area contributed by atoms with Crippen LogP contribution in [0.3, 0.4) is 0 Å². The molecule has 0 spiro atoms. The van der Waals surface area contributed by atoms with Gasteiger partial charge < -0.3 is 9.15 Å². The minimum atomic E-state index is -0.519. The molecular formula is C12H8O3. The van der Waals surface area contributed by atoms with E-state index >= 15 is 0 Å². The second-order valence-electron chi connectivity index (χ2n) is 2.97. The normalized spacial score (nSPS) is 9.87. The molecule has 1 aromatic heterocycles. The Labute approximate surface area is 86.3 Å². The van der Waals surface area contributed by atoms with Gasteiger partial charge in [0.1, 0.15) is 5.56 Å². The number of hydrogen-bond acceptors (Lipinski definition) is 3. The van der Waals surface area contributed by atoms with Gasteiger partial charge in [-0.3, -0.25) is 0 Å². The van der Waals surface area contributed by atoms with Gasteiger partial charge in [0.25, 0.3) is 0 Å². The van der Waals surface area contributed by atoms with Crippen LogP contribution in [0.1, 0.15) is 5.56 Å². The molecule has 0 aliphatic heterocycles. The fourth-order valence-corrected chi connectivity index (χ4v) is 1.38. The third-order valence-electron chi connectivity index (χ3n) is 2.10. The second-order valence-corrected chi connectivity index (χ2v) is 2.97. The maximum Gasteiger partial charge on any atom is 0.352 e. The van der Waals surface area contributed by atoms with E-state index < -0.39 is 5.63 Å². The van der Waals surface area contributed by atoms with Crippen molar-refractivity contribution < 1.29 is 9.15 Å². The van der Waals surface area contributed by atoms with Crippen molar-refractivity contribution in [3.63, 3.8) is 0 Å². The summed E-state index contributed by atoms with van der Waals surface area (Å²) >= 11 is 0. The lowest BCUT2D eigenvalue weighted by molar-refractivity contribution is 0.406. The highest BCUT2D eigenvalue weighted by Crippen LogP contribution is 2.23.